The molecule has 1 aromatic carbocycles. The van der Waals surface area contributed by atoms with E-state index in [1.54, 1.807) is 32.1 Å². The van der Waals surface area contributed by atoms with Gasteiger partial charge in [-0.3, -0.25) is 9.59 Å². The lowest BCUT2D eigenvalue weighted by Crippen LogP contribution is -1.97. The van der Waals surface area contributed by atoms with Crippen molar-refractivity contribution >= 4 is 33.7 Å². The fraction of sp³-hybridized carbons (Fsp3) is 0.286. The molecule has 2 N–H and O–H groups in total. The SMILES string of the molecule is CC(O)/C=C/C(C)O.O=C(Cl)c1cccc(C(=O)Cl)c1. The quantitative estimate of drug-likeness (QED) is 0.661. The highest BCUT2D eigenvalue weighted by atomic mass is 35.5. The lowest BCUT2D eigenvalue weighted by Gasteiger charge is -1.95. The zero-order valence-electron chi connectivity index (χ0n) is 11.1. The largest absolute Gasteiger partial charge is 0.389 e. The van der Waals surface area contributed by atoms with Gasteiger partial charge < -0.3 is 10.2 Å². The molecule has 0 bridgehead atoms. The van der Waals surface area contributed by atoms with Gasteiger partial charge in [0, 0.05) is 11.1 Å². The standard InChI is InChI=1S/C8H4Cl2O2.C6H12O2/c9-7(11)5-2-1-3-6(4-5)8(10)12;1-5(7)3-4-6(2)8/h1-4H;3-8H,1-2H3/b;4-3+. The van der Waals surface area contributed by atoms with Gasteiger partial charge in [-0.2, -0.15) is 0 Å². The van der Waals surface area contributed by atoms with Crippen molar-refractivity contribution in [2.45, 2.75) is 26.1 Å². The van der Waals surface area contributed by atoms with Crippen LogP contribution in [-0.4, -0.2) is 32.9 Å². The van der Waals surface area contributed by atoms with Crippen LogP contribution in [0.1, 0.15) is 34.6 Å². The summed E-state index contributed by atoms with van der Waals surface area (Å²) in [6.45, 7) is 3.28. The van der Waals surface area contributed by atoms with Crippen molar-refractivity contribution < 1.29 is 19.8 Å². The number of aliphatic hydroxyl groups is 2. The molecule has 0 saturated heterocycles. The number of aliphatic hydroxyl groups excluding tert-OH is 2. The highest BCUT2D eigenvalue weighted by Gasteiger charge is 2.05. The molecule has 2 unspecified atom stereocenters. The van der Waals surface area contributed by atoms with Crippen molar-refractivity contribution in [3.63, 3.8) is 0 Å². The maximum Gasteiger partial charge on any atom is 0.252 e. The lowest BCUT2D eigenvalue weighted by molar-refractivity contribution is 0.108. The lowest BCUT2D eigenvalue weighted by atomic mass is 10.1. The van der Waals surface area contributed by atoms with Gasteiger partial charge in [-0.1, -0.05) is 30.4 Å². The molecule has 1 aromatic rings. The summed E-state index contributed by atoms with van der Waals surface area (Å²) in [7, 11) is 0. The summed E-state index contributed by atoms with van der Waals surface area (Å²) in [5, 5.41) is 16.0. The van der Waals surface area contributed by atoms with E-state index in [-0.39, 0.29) is 11.1 Å². The average Bonchev–Trinajstić information content (AvgIpc) is 2.37. The molecule has 0 heterocycles. The first-order chi connectivity index (χ1) is 9.23. The van der Waals surface area contributed by atoms with Crippen LogP contribution in [0.4, 0.5) is 0 Å². The normalized spacial score (nSPS) is 13.3. The molecule has 0 spiro atoms. The molecule has 0 saturated carbocycles. The van der Waals surface area contributed by atoms with Crippen LogP contribution < -0.4 is 0 Å². The van der Waals surface area contributed by atoms with Crippen molar-refractivity contribution in [3.8, 4) is 0 Å². The summed E-state index contributed by atoms with van der Waals surface area (Å²) in [5.41, 5.74) is 0.534. The van der Waals surface area contributed by atoms with Gasteiger partial charge in [-0.15, -0.1) is 0 Å². The minimum absolute atomic E-state index is 0.267. The minimum Gasteiger partial charge on any atom is -0.389 e. The molecular weight excluding hydrogens is 303 g/mol. The van der Waals surface area contributed by atoms with Crippen LogP contribution in [0.2, 0.25) is 0 Å². The van der Waals surface area contributed by atoms with Gasteiger partial charge >= 0.3 is 0 Å². The smallest absolute Gasteiger partial charge is 0.252 e. The second-order valence-electron chi connectivity index (χ2n) is 3.99. The molecule has 6 heteroatoms. The first kappa shape index (κ1) is 18.8. The van der Waals surface area contributed by atoms with E-state index in [1.165, 1.54) is 18.2 Å². The fourth-order valence-electron chi connectivity index (χ4n) is 1.09. The molecule has 0 amide bonds. The molecule has 0 aliphatic rings. The zero-order chi connectivity index (χ0) is 15.7. The van der Waals surface area contributed by atoms with Gasteiger partial charge in [-0.25, -0.2) is 0 Å². The Kier molecular flexibility index (Phi) is 9.08. The third kappa shape index (κ3) is 8.82. The zero-order valence-corrected chi connectivity index (χ0v) is 12.6. The first-order valence-electron chi connectivity index (χ1n) is 5.78. The number of carbonyl (C=O) groups is 2. The Morgan fingerprint density at radius 2 is 1.35 bits per heavy atom. The Labute approximate surface area is 127 Å². The molecule has 0 aromatic heterocycles. The van der Waals surface area contributed by atoms with E-state index in [2.05, 4.69) is 0 Å². The number of halogens is 2. The van der Waals surface area contributed by atoms with E-state index in [0.717, 1.165) is 0 Å². The van der Waals surface area contributed by atoms with Gasteiger partial charge in [0.25, 0.3) is 10.5 Å². The van der Waals surface area contributed by atoms with Crippen LogP contribution in [0.25, 0.3) is 0 Å². The van der Waals surface area contributed by atoms with Crippen molar-refractivity contribution in [2.24, 2.45) is 0 Å². The number of hydrogen-bond acceptors (Lipinski definition) is 4. The first-order valence-corrected chi connectivity index (χ1v) is 6.53. The highest BCUT2D eigenvalue weighted by molar-refractivity contribution is 6.69. The van der Waals surface area contributed by atoms with Gasteiger partial charge in [0.05, 0.1) is 12.2 Å². The van der Waals surface area contributed by atoms with Gasteiger partial charge in [0.15, 0.2) is 0 Å². The molecule has 4 nitrogen and oxygen atoms in total. The van der Waals surface area contributed by atoms with Crippen molar-refractivity contribution in [1.82, 2.24) is 0 Å². The van der Waals surface area contributed by atoms with E-state index in [1.807, 2.05) is 0 Å². The van der Waals surface area contributed by atoms with Gasteiger partial charge in [0.1, 0.15) is 0 Å². The summed E-state index contributed by atoms with van der Waals surface area (Å²) in [6, 6.07) is 5.92. The minimum atomic E-state index is -0.602. The molecule has 2 atom stereocenters. The number of rotatable bonds is 4. The summed E-state index contributed by atoms with van der Waals surface area (Å²) in [5.74, 6) is 0. The summed E-state index contributed by atoms with van der Waals surface area (Å²) in [6.07, 6.45) is 2.18. The molecule has 1 rings (SSSR count). The molecule has 110 valence electrons. The molecule has 0 radical (unpaired) electrons. The fourth-order valence-corrected chi connectivity index (χ4v) is 1.32. The highest BCUT2D eigenvalue weighted by Crippen LogP contribution is 2.09. The predicted molar refractivity (Wildman–Crippen MR) is 79.3 cm³/mol. The predicted octanol–water partition coefficient (Wildman–Crippen LogP) is 2.75. The van der Waals surface area contributed by atoms with Crippen LogP contribution in [0.15, 0.2) is 36.4 Å². The van der Waals surface area contributed by atoms with Crippen LogP contribution in [0, 0.1) is 0 Å². The van der Waals surface area contributed by atoms with Crippen molar-refractivity contribution in [2.75, 3.05) is 0 Å². The molecular formula is C14H16Cl2O4. The Morgan fingerprint density at radius 1 is 1.00 bits per heavy atom. The number of hydrogen-bond donors (Lipinski definition) is 2. The summed E-state index contributed by atoms with van der Waals surface area (Å²) >= 11 is 10.4. The molecule has 0 aliphatic carbocycles. The third-order valence-electron chi connectivity index (χ3n) is 1.98. The molecule has 0 fully saturated rings. The topological polar surface area (TPSA) is 74.6 Å². The molecule has 0 aliphatic heterocycles. The van der Waals surface area contributed by atoms with E-state index in [0.29, 0.717) is 0 Å². The van der Waals surface area contributed by atoms with Crippen LogP contribution >= 0.6 is 23.2 Å². The Balaban J connectivity index is 0.000000396. The second kappa shape index (κ2) is 9.66. The Morgan fingerprint density at radius 3 is 1.60 bits per heavy atom. The van der Waals surface area contributed by atoms with E-state index >= 15 is 0 Å². The van der Waals surface area contributed by atoms with Crippen molar-refractivity contribution in [3.05, 3.63) is 47.5 Å². The summed E-state index contributed by atoms with van der Waals surface area (Å²) in [4.78, 5) is 21.3. The molecule has 20 heavy (non-hydrogen) atoms. The van der Waals surface area contributed by atoms with Crippen LogP contribution in [0.5, 0.6) is 0 Å². The monoisotopic (exact) mass is 318 g/mol. The maximum atomic E-state index is 10.6. The van der Waals surface area contributed by atoms with E-state index in [4.69, 9.17) is 33.4 Å². The number of carbonyl (C=O) groups excluding carboxylic acids is 2. The van der Waals surface area contributed by atoms with Crippen LogP contribution in [0.3, 0.4) is 0 Å². The average molecular weight is 319 g/mol. The van der Waals surface area contributed by atoms with E-state index in [9.17, 15) is 9.59 Å². The number of benzene rings is 1. The van der Waals surface area contributed by atoms with Crippen LogP contribution in [-0.2, 0) is 0 Å². The maximum absolute atomic E-state index is 10.6. The Hall–Kier alpha value is -1.20. The second-order valence-corrected chi connectivity index (χ2v) is 4.68. The summed E-state index contributed by atoms with van der Waals surface area (Å²) < 4.78 is 0. The van der Waals surface area contributed by atoms with Gasteiger partial charge in [-0.05, 0) is 43.1 Å². The Bertz CT molecular complexity index is 443. The van der Waals surface area contributed by atoms with Crippen molar-refractivity contribution in [1.29, 1.82) is 0 Å². The van der Waals surface area contributed by atoms with Gasteiger partial charge in [0.2, 0.25) is 0 Å². The van der Waals surface area contributed by atoms with E-state index < -0.39 is 22.7 Å². The third-order valence-corrected chi connectivity index (χ3v) is 2.42.